The van der Waals surface area contributed by atoms with Gasteiger partial charge in [-0.2, -0.15) is 0 Å². The van der Waals surface area contributed by atoms with Gasteiger partial charge in [-0.15, -0.1) is 0 Å². The Balaban J connectivity index is 1.84. The first-order chi connectivity index (χ1) is 7.98. The van der Waals surface area contributed by atoms with Crippen molar-refractivity contribution in [1.29, 1.82) is 0 Å². The molecular weight excluding hydrogens is 240 g/mol. The third-order valence-electron chi connectivity index (χ3n) is 3.76. The van der Waals surface area contributed by atoms with Gasteiger partial charge >= 0.3 is 0 Å². The molecule has 2 fully saturated rings. The van der Waals surface area contributed by atoms with Crippen LogP contribution in [0.1, 0.15) is 26.2 Å². The smallest absolute Gasteiger partial charge is 0.224 e. The van der Waals surface area contributed by atoms with Crippen LogP contribution < -0.4 is 10.6 Å². The van der Waals surface area contributed by atoms with Crippen LogP contribution in [0.25, 0.3) is 0 Å². The molecule has 0 aromatic rings. The van der Waals surface area contributed by atoms with Crippen molar-refractivity contribution < 1.29 is 13.2 Å². The molecule has 0 aromatic heterocycles. The van der Waals surface area contributed by atoms with Crippen LogP contribution in [0.4, 0.5) is 0 Å². The van der Waals surface area contributed by atoms with Gasteiger partial charge in [-0.25, -0.2) is 8.42 Å². The van der Waals surface area contributed by atoms with Crippen molar-refractivity contribution in [2.75, 3.05) is 18.1 Å². The highest BCUT2D eigenvalue weighted by atomic mass is 32.2. The van der Waals surface area contributed by atoms with Gasteiger partial charge in [0.1, 0.15) is 9.84 Å². The normalized spacial score (nSPS) is 33.5. The molecule has 2 heterocycles. The SMILES string of the molecule is CC1NCCC1C(=O)NC1CCS(=O)(=O)CC1. The molecule has 17 heavy (non-hydrogen) atoms. The average molecular weight is 260 g/mol. The maximum Gasteiger partial charge on any atom is 0.224 e. The predicted molar refractivity (Wildman–Crippen MR) is 65.4 cm³/mol. The highest BCUT2D eigenvalue weighted by Crippen LogP contribution is 2.17. The molecule has 2 aliphatic rings. The van der Waals surface area contributed by atoms with E-state index in [2.05, 4.69) is 10.6 Å². The summed E-state index contributed by atoms with van der Waals surface area (Å²) in [6.07, 6.45) is 1.99. The number of carbonyl (C=O) groups excluding carboxylic acids is 1. The second-order valence-electron chi connectivity index (χ2n) is 5.07. The number of rotatable bonds is 2. The minimum atomic E-state index is -2.84. The van der Waals surface area contributed by atoms with Gasteiger partial charge in [0.25, 0.3) is 0 Å². The Morgan fingerprint density at radius 2 is 1.88 bits per heavy atom. The fraction of sp³-hybridized carbons (Fsp3) is 0.909. The van der Waals surface area contributed by atoms with E-state index in [4.69, 9.17) is 0 Å². The number of nitrogens with one attached hydrogen (secondary N) is 2. The number of hydrogen-bond donors (Lipinski definition) is 2. The molecule has 6 heteroatoms. The van der Waals surface area contributed by atoms with Crippen LogP contribution in [0, 0.1) is 5.92 Å². The van der Waals surface area contributed by atoms with E-state index in [9.17, 15) is 13.2 Å². The van der Waals surface area contributed by atoms with Gasteiger partial charge in [-0.05, 0) is 32.7 Å². The van der Waals surface area contributed by atoms with E-state index in [0.29, 0.717) is 12.8 Å². The Hall–Kier alpha value is -0.620. The molecule has 0 spiro atoms. The van der Waals surface area contributed by atoms with E-state index in [1.807, 2.05) is 6.92 Å². The topological polar surface area (TPSA) is 75.3 Å². The minimum absolute atomic E-state index is 0.0357. The van der Waals surface area contributed by atoms with E-state index >= 15 is 0 Å². The summed E-state index contributed by atoms with van der Waals surface area (Å²) in [4.78, 5) is 12.0. The molecule has 0 bridgehead atoms. The zero-order chi connectivity index (χ0) is 12.5. The van der Waals surface area contributed by atoms with Crippen molar-refractivity contribution >= 4 is 15.7 Å². The lowest BCUT2D eigenvalue weighted by molar-refractivity contribution is -0.125. The van der Waals surface area contributed by atoms with Gasteiger partial charge in [0.15, 0.2) is 0 Å². The Kier molecular flexibility index (Phi) is 3.73. The van der Waals surface area contributed by atoms with Gasteiger partial charge in [0.05, 0.1) is 17.4 Å². The molecule has 2 N–H and O–H groups in total. The fourth-order valence-corrected chi connectivity index (χ4v) is 4.05. The summed E-state index contributed by atoms with van der Waals surface area (Å²) in [5.74, 6) is 0.521. The summed E-state index contributed by atoms with van der Waals surface area (Å²) in [5.41, 5.74) is 0. The molecule has 98 valence electrons. The van der Waals surface area contributed by atoms with Crippen molar-refractivity contribution in [2.24, 2.45) is 5.92 Å². The van der Waals surface area contributed by atoms with Gasteiger partial charge in [0, 0.05) is 12.1 Å². The molecule has 2 aliphatic heterocycles. The standard InChI is InChI=1S/C11H20N2O3S/c1-8-10(2-5-12-8)11(14)13-9-3-6-17(15,16)7-4-9/h8-10,12H,2-7H2,1H3,(H,13,14). The molecule has 2 unspecified atom stereocenters. The summed E-state index contributed by atoms with van der Waals surface area (Å²) < 4.78 is 22.5. The third kappa shape index (κ3) is 3.19. The average Bonchev–Trinajstić information content (AvgIpc) is 2.68. The highest BCUT2D eigenvalue weighted by molar-refractivity contribution is 7.91. The summed E-state index contributed by atoms with van der Waals surface area (Å²) in [6, 6.07) is 0.265. The third-order valence-corrected chi connectivity index (χ3v) is 5.48. The van der Waals surface area contributed by atoms with Crippen LogP contribution in [0.3, 0.4) is 0 Å². The molecule has 1 amide bonds. The minimum Gasteiger partial charge on any atom is -0.353 e. The summed E-state index contributed by atoms with van der Waals surface area (Å²) in [5, 5.41) is 6.23. The first kappa shape index (κ1) is 12.8. The molecule has 2 saturated heterocycles. The maximum atomic E-state index is 12.0. The number of hydrogen-bond acceptors (Lipinski definition) is 4. The van der Waals surface area contributed by atoms with Gasteiger partial charge in [0.2, 0.25) is 5.91 Å². The lowest BCUT2D eigenvalue weighted by Crippen LogP contribution is -2.45. The number of carbonyl (C=O) groups is 1. The molecule has 0 radical (unpaired) electrons. The van der Waals surface area contributed by atoms with Crippen molar-refractivity contribution in [2.45, 2.75) is 38.3 Å². The first-order valence-electron chi connectivity index (χ1n) is 6.22. The maximum absolute atomic E-state index is 12.0. The predicted octanol–water partition coefficient (Wildman–Crippen LogP) is -0.322. The largest absolute Gasteiger partial charge is 0.353 e. The van der Waals surface area contributed by atoms with Crippen LogP contribution in [-0.4, -0.2) is 44.5 Å². The van der Waals surface area contributed by atoms with Crippen molar-refractivity contribution in [1.82, 2.24) is 10.6 Å². The quantitative estimate of drug-likeness (QED) is 0.713. The Morgan fingerprint density at radius 3 is 2.41 bits per heavy atom. The zero-order valence-corrected chi connectivity index (χ0v) is 10.9. The molecule has 0 aromatic carbocycles. The van der Waals surface area contributed by atoms with Gasteiger partial charge in [-0.3, -0.25) is 4.79 Å². The molecular formula is C11H20N2O3S. The van der Waals surface area contributed by atoms with Crippen LogP contribution in [0.15, 0.2) is 0 Å². The van der Waals surface area contributed by atoms with Gasteiger partial charge < -0.3 is 10.6 Å². The second-order valence-corrected chi connectivity index (χ2v) is 7.38. The van der Waals surface area contributed by atoms with E-state index in [0.717, 1.165) is 13.0 Å². The van der Waals surface area contributed by atoms with Crippen molar-refractivity contribution in [3.05, 3.63) is 0 Å². The number of sulfone groups is 1. The van der Waals surface area contributed by atoms with Crippen molar-refractivity contribution in [3.8, 4) is 0 Å². The summed E-state index contributed by atoms with van der Waals surface area (Å²) in [7, 11) is -2.84. The monoisotopic (exact) mass is 260 g/mol. The molecule has 5 nitrogen and oxygen atoms in total. The van der Waals surface area contributed by atoms with E-state index in [1.165, 1.54) is 0 Å². The Morgan fingerprint density at radius 1 is 1.24 bits per heavy atom. The van der Waals surface area contributed by atoms with E-state index < -0.39 is 9.84 Å². The molecule has 2 rings (SSSR count). The Bertz CT molecular complexity index is 380. The van der Waals surface area contributed by atoms with Gasteiger partial charge in [-0.1, -0.05) is 0 Å². The Labute approximate surface area is 102 Å². The lowest BCUT2D eigenvalue weighted by atomic mass is 10.00. The summed E-state index contributed by atoms with van der Waals surface area (Å²) in [6.45, 7) is 2.90. The molecule has 0 aliphatic carbocycles. The second kappa shape index (κ2) is 4.94. The molecule has 0 saturated carbocycles. The van der Waals surface area contributed by atoms with E-state index in [1.54, 1.807) is 0 Å². The zero-order valence-electron chi connectivity index (χ0n) is 10.1. The van der Waals surface area contributed by atoms with Crippen LogP contribution in [0.2, 0.25) is 0 Å². The number of amides is 1. The first-order valence-corrected chi connectivity index (χ1v) is 8.04. The van der Waals surface area contributed by atoms with Crippen LogP contribution >= 0.6 is 0 Å². The fourth-order valence-electron chi connectivity index (χ4n) is 2.56. The van der Waals surface area contributed by atoms with Crippen molar-refractivity contribution in [3.63, 3.8) is 0 Å². The van der Waals surface area contributed by atoms with E-state index in [-0.39, 0.29) is 35.4 Å². The molecule has 2 atom stereocenters. The van der Waals surface area contributed by atoms with Crippen LogP contribution in [-0.2, 0) is 14.6 Å². The lowest BCUT2D eigenvalue weighted by Gasteiger charge is -2.25. The van der Waals surface area contributed by atoms with Crippen LogP contribution in [0.5, 0.6) is 0 Å². The highest BCUT2D eigenvalue weighted by Gasteiger charge is 2.32. The summed E-state index contributed by atoms with van der Waals surface area (Å²) >= 11 is 0.